The largest absolute Gasteiger partial charge is 0.383 e. The molecular weight excluding hydrogens is 447 g/mol. The number of urea groups is 1. The van der Waals surface area contributed by atoms with Crippen LogP contribution in [0.25, 0.3) is 16.6 Å². The van der Waals surface area contributed by atoms with Crippen molar-refractivity contribution in [2.75, 3.05) is 26.0 Å². The van der Waals surface area contributed by atoms with Crippen molar-refractivity contribution in [3.05, 3.63) is 63.7 Å². The number of hydrogen-bond acceptors (Lipinski definition) is 6. The van der Waals surface area contributed by atoms with Gasteiger partial charge in [0.15, 0.2) is 5.16 Å². The van der Waals surface area contributed by atoms with Gasteiger partial charge in [0, 0.05) is 13.7 Å². The summed E-state index contributed by atoms with van der Waals surface area (Å²) in [5, 5.41) is 5.05. The fraction of sp³-hybridized carbons (Fsp3) is 0.200. The molecule has 2 N–H and O–H groups in total. The van der Waals surface area contributed by atoms with Gasteiger partial charge in [-0.05, 0) is 30.3 Å². The number of para-hydroxylation sites is 1. The molecule has 0 aliphatic heterocycles. The van der Waals surface area contributed by atoms with Gasteiger partial charge in [-0.2, -0.15) is 0 Å². The summed E-state index contributed by atoms with van der Waals surface area (Å²) in [5.41, 5.74) is 0.348. The Hall–Kier alpha value is -2.95. The Labute approximate surface area is 185 Å². The second-order valence-corrected chi connectivity index (χ2v) is 7.59. The molecule has 2 aromatic carbocycles. The van der Waals surface area contributed by atoms with E-state index < -0.39 is 23.3 Å². The molecule has 3 aromatic rings. The van der Waals surface area contributed by atoms with Gasteiger partial charge in [0.1, 0.15) is 5.82 Å². The Balaban J connectivity index is 1.88. The van der Waals surface area contributed by atoms with Crippen molar-refractivity contribution in [2.45, 2.75) is 5.16 Å². The van der Waals surface area contributed by atoms with Crippen molar-refractivity contribution in [3.63, 3.8) is 0 Å². The fourth-order valence-electron chi connectivity index (χ4n) is 2.66. The van der Waals surface area contributed by atoms with Gasteiger partial charge in [-0.3, -0.25) is 19.5 Å². The summed E-state index contributed by atoms with van der Waals surface area (Å²) in [4.78, 5) is 41.4. The van der Waals surface area contributed by atoms with Gasteiger partial charge in [-0.15, -0.1) is 0 Å². The fourth-order valence-corrected chi connectivity index (χ4v) is 3.65. The third kappa shape index (κ3) is 5.60. The molecule has 0 saturated heterocycles. The van der Waals surface area contributed by atoms with Crippen LogP contribution in [0.15, 0.2) is 52.4 Å². The van der Waals surface area contributed by atoms with Crippen LogP contribution in [0.1, 0.15) is 0 Å². The lowest BCUT2D eigenvalue weighted by Gasteiger charge is -2.13. The van der Waals surface area contributed by atoms with Gasteiger partial charge >= 0.3 is 6.03 Å². The van der Waals surface area contributed by atoms with Crippen molar-refractivity contribution < 1.29 is 18.7 Å². The Morgan fingerprint density at radius 1 is 1.26 bits per heavy atom. The molecule has 11 heteroatoms. The molecule has 0 unspecified atom stereocenters. The van der Waals surface area contributed by atoms with Gasteiger partial charge < -0.3 is 10.1 Å². The number of nitrogens with one attached hydrogen (secondary N) is 2. The number of amides is 3. The highest BCUT2D eigenvalue weighted by Gasteiger charge is 2.16. The first-order valence-electron chi connectivity index (χ1n) is 9.07. The molecule has 3 amide bonds. The minimum absolute atomic E-state index is 0.154. The van der Waals surface area contributed by atoms with Crippen LogP contribution in [-0.4, -0.2) is 47.5 Å². The quantitative estimate of drug-likeness (QED) is 0.316. The lowest BCUT2D eigenvalue weighted by atomic mass is 10.2. The molecular formula is C20H18ClFN4O4S. The van der Waals surface area contributed by atoms with E-state index >= 15 is 0 Å². The molecule has 0 saturated carbocycles. The summed E-state index contributed by atoms with van der Waals surface area (Å²) < 4.78 is 19.7. The van der Waals surface area contributed by atoms with Gasteiger partial charge in [0.25, 0.3) is 5.56 Å². The Morgan fingerprint density at radius 3 is 2.77 bits per heavy atom. The minimum Gasteiger partial charge on any atom is -0.383 e. The molecule has 0 radical (unpaired) electrons. The monoisotopic (exact) mass is 464 g/mol. The summed E-state index contributed by atoms with van der Waals surface area (Å²) in [5.74, 6) is -1.39. The third-order valence-corrected chi connectivity index (χ3v) is 5.31. The standard InChI is InChI=1S/C20H18ClFN4O4S/c1-30-9-8-23-19(29)25-17(27)11-31-20-24-16-5-3-2-4-13(16)18(28)26(20)12-6-7-15(22)14(21)10-12/h2-7,10H,8-9,11H2,1H3,(H2,23,25,27,29). The molecule has 0 bridgehead atoms. The summed E-state index contributed by atoms with van der Waals surface area (Å²) in [7, 11) is 1.49. The lowest BCUT2D eigenvalue weighted by Crippen LogP contribution is -2.41. The second kappa shape index (κ2) is 10.4. The zero-order valence-electron chi connectivity index (χ0n) is 16.4. The predicted octanol–water partition coefficient (Wildman–Crippen LogP) is 2.74. The first kappa shape index (κ1) is 22.7. The maximum atomic E-state index is 13.6. The number of carbonyl (C=O) groups excluding carboxylic acids is 2. The number of benzene rings is 2. The van der Waals surface area contributed by atoms with E-state index in [1.54, 1.807) is 24.3 Å². The van der Waals surface area contributed by atoms with Crippen LogP contribution in [0.4, 0.5) is 9.18 Å². The van der Waals surface area contributed by atoms with Gasteiger partial charge in [-0.1, -0.05) is 35.5 Å². The van der Waals surface area contributed by atoms with Crippen molar-refractivity contribution >= 4 is 46.2 Å². The van der Waals surface area contributed by atoms with Gasteiger partial charge in [0.05, 0.1) is 34.0 Å². The topological polar surface area (TPSA) is 102 Å². The van der Waals surface area contributed by atoms with Gasteiger partial charge in [0.2, 0.25) is 5.91 Å². The Kier molecular flexibility index (Phi) is 7.61. The number of thioether (sulfide) groups is 1. The van der Waals surface area contributed by atoms with Crippen LogP contribution in [0.2, 0.25) is 5.02 Å². The number of methoxy groups -OCH3 is 1. The van der Waals surface area contributed by atoms with Crippen LogP contribution >= 0.6 is 23.4 Å². The van der Waals surface area contributed by atoms with Crippen molar-refractivity contribution in [1.82, 2.24) is 20.2 Å². The maximum absolute atomic E-state index is 13.6. The van der Waals surface area contributed by atoms with Crippen LogP contribution in [0.3, 0.4) is 0 Å². The number of aromatic nitrogens is 2. The number of nitrogens with zero attached hydrogens (tertiary/aromatic N) is 2. The van der Waals surface area contributed by atoms with E-state index in [0.717, 1.165) is 17.8 Å². The van der Waals surface area contributed by atoms with Crippen molar-refractivity contribution in [2.24, 2.45) is 0 Å². The number of ether oxygens (including phenoxy) is 1. The first-order valence-corrected chi connectivity index (χ1v) is 10.4. The highest BCUT2D eigenvalue weighted by Crippen LogP contribution is 2.24. The molecule has 8 nitrogen and oxygen atoms in total. The zero-order chi connectivity index (χ0) is 22.4. The van der Waals surface area contributed by atoms with E-state index in [9.17, 15) is 18.8 Å². The highest BCUT2D eigenvalue weighted by molar-refractivity contribution is 7.99. The summed E-state index contributed by atoms with van der Waals surface area (Å²) in [6.07, 6.45) is 0. The average Bonchev–Trinajstić information content (AvgIpc) is 2.75. The number of fused-ring (bicyclic) bond motifs is 1. The number of halogens is 2. The molecule has 0 aliphatic rings. The van der Waals surface area contributed by atoms with E-state index in [4.69, 9.17) is 16.3 Å². The minimum atomic E-state index is -0.656. The molecule has 31 heavy (non-hydrogen) atoms. The molecule has 162 valence electrons. The number of imide groups is 1. The van der Waals surface area contributed by atoms with Crippen LogP contribution < -0.4 is 16.2 Å². The predicted molar refractivity (Wildman–Crippen MR) is 116 cm³/mol. The van der Waals surface area contributed by atoms with Gasteiger partial charge in [-0.25, -0.2) is 14.2 Å². The lowest BCUT2D eigenvalue weighted by molar-refractivity contribution is -0.117. The van der Waals surface area contributed by atoms with E-state index in [0.29, 0.717) is 23.2 Å². The molecule has 1 heterocycles. The SMILES string of the molecule is COCCNC(=O)NC(=O)CSc1nc2ccccc2c(=O)n1-c1ccc(F)c(Cl)c1. The van der Waals surface area contributed by atoms with Crippen LogP contribution in [0.5, 0.6) is 0 Å². The van der Waals surface area contributed by atoms with E-state index in [-0.39, 0.29) is 22.5 Å². The maximum Gasteiger partial charge on any atom is 0.321 e. The number of rotatable bonds is 7. The summed E-state index contributed by atoms with van der Waals surface area (Å²) in [6.45, 7) is 0.559. The third-order valence-electron chi connectivity index (χ3n) is 4.08. The first-order chi connectivity index (χ1) is 14.9. The molecule has 0 fully saturated rings. The number of hydrogen-bond donors (Lipinski definition) is 2. The highest BCUT2D eigenvalue weighted by atomic mass is 35.5. The smallest absolute Gasteiger partial charge is 0.321 e. The normalized spacial score (nSPS) is 10.8. The zero-order valence-corrected chi connectivity index (χ0v) is 17.9. The molecule has 3 rings (SSSR count). The Bertz CT molecular complexity index is 1190. The average molecular weight is 465 g/mol. The van der Waals surface area contributed by atoms with Crippen molar-refractivity contribution in [3.8, 4) is 5.69 Å². The molecule has 1 aromatic heterocycles. The molecule has 0 spiro atoms. The van der Waals surface area contributed by atoms with E-state index in [2.05, 4.69) is 15.6 Å². The van der Waals surface area contributed by atoms with E-state index in [1.165, 1.54) is 23.8 Å². The molecule has 0 aliphatic carbocycles. The van der Waals surface area contributed by atoms with Crippen molar-refractivity contribution in [1.29, 1.82) is 0 Å². The second-order valence-electron chi connectivity index (χ2n) is 6.24. The van der Waals surface area contributed by atoms with Crippen LogP contribution in [-0.2, 0) is 9.53 Å². The van der Waals surface area contributed by atoms with E-state index in [1.807, 2.05) is 0 Å². The summed E-state index contributed by atoms with van der Waals surface area (Å²) >= 11 is 6.85. The van der Waals surface area contributed by atoms with Crippen LogP contribution in [0, 0.1) is 5.82 Å². The summed E-state index contributed by atoms with van der Waals surface area (Å²) in [6, 6.07) is 9.93. The number of carbonyl (C=O) groups is 2. The molecule has 0 atom stereocenters. The Morgan fingerprint density at radius 2 is 2.03 bits per heavy atom.